The Morgan fingerprint density at radius 3 is 3.00 bits per heavy atom. The summed E-state index contributed by atoms with van der Waals surface area (Å²) in [6, 6.07) is 0. The molecule has 0 spiro atoms. The van der Waals surface area contributed by atoms with Gasteiger partial charge in [-0.05, 0) is 33.2 Å². The van der Waals surface area contributed by atoms with Crippen LogP contribution in [0.2, 0.25) is 0 Å². The summed E-state index contributed by atoms with van der Waals surface area (Å²) in [5, 5.41) is 6.09. The normalized spacial score (nSPS) is 26.4. The van der Waals surface area contributed by atoms with Crippen LogP contribution in [-0.4, -0.2) is 37.7 Å². The first kappa shape index (κ1) is 11.5. The van der Waals surface area contributed by atoms with Crippen LogP contribution in [-0.2, 0) is 9.53 Å². The molecule has 1 unspecified atom stereocenters. The summed E-state index contributed by atoms with van der Waals surface area (Å²) in [7, 11) is 0. The molecule has 0 aromatic heterocycles. The molecule has 1 amide bonds. The predicted octanol–water partition coefficient (Wildman–Crippen LogP) is 0.281. The Labute approximate surface area is 85.4 Å². The second-order valence-corrected chi connectivity index (χ2v) is 3.82. The highest BCUT2D eigenvalue weighted by Gasteiger charge is 2.35. The Morgan fingerprint density at radius 1 is 1.64 bits per heavy atom. The van der Waals surface area contributed by atoms with Crippen molar-refractivity contribution in [2.24, 2.45) is 0 Å². The van der Waals surface area contributed by atoms with E-state index in [0.29, 0.717) is 19.8 Å². The molecule has 1 saturated heterocycles. The summed E-state index contributed by atoms with van der Waals surface area (Å²) in [4.78, 5) is 11.7. The molecule has 2 N–H and O–H groups in total. The van der Waals surface area contributed by atoms with Crippen LogP contribution < -0.4 is 10.6 Å². The monoisotopic (exact) mass is 200 g/mol. The van der Waals surface area contributed by atoms with Crippen LogP contribution >= 0.6 is 0 Å². The number of hydrogen-bond acceptors (Lipinski definition) is 3. The average molecular weight is 200 g/mol. The number of hydrogen-bond donors (Lipinski definition) is 2. The van der Waals surface area contributed by atoms with Gasteiger partial charge in [-0.25, -0.2) is 0 Å². The summed E-state index contributed by atoms with van der Waals surface area (Å²) >= 11 is 0. The molecule has 1 aliphatic heterocycles. The lowest BCUT2D eigenvalue weighted by atomic mass is 9.99. The molecule has 0 aromatic carbocycles. The fourth-order valence-electron chi connectivity index (χ4n) is 1.66. The smallest absolute Gasteiger partial charge is 0.240 e. The van der Waals surface area contributed by atoms with Crippen molar-refractivity contribution < 1.29 is 9.53 Å². The molecule has 0 bridgehead atoms. The molecule has 0 aromatic rings. The topological polar surface area (TPSA) is 50.4 Å². The molecule has 82 valence electrons. The van der Waals surface area contributed by atoms with Gasteiger partial charge >= 0.3 is 0 Å². The second kappa shape index (κ2) is 5.32. The van der Waals surface area contributed by atoms with Crippen LogP contribution in [0, 0.1) is 0 Å². The van der Waals surface area contributed by atoms with Gasteiger partial charge in [-0.2, -0.15) is 0 Å². The van der Waals surface area contributed by atoms with Crippen LogP contribution in [0.4, 0.5) is 0 Å². The maximum absolute atomic E-state index is 11.7. The van der Waals surface area contributed by atoms with Crippen molar-refractivity contribution in [1.82, 2.24) is 10.6 Å². The Bertz CT molecular complexity index is 189. The number of amides is 1. The molecular weight excluding hydrogens is 180 g/mol. The van der Waals surface area contributed by atoms with E-state index in [0.717, 1.165) is 19.4 Å². The molecule has 4 nitrogen and oxygen atoms in total. The summed E-state index contributed by atoms with van der Waals surface area (Å²) < 4.78 is 5.14. The molecule has 0 aliphatic carbocycles. The van der Waals surface area contributed by atoms with Crippen molar-refractivity contribution in [1.29, 1.82) is 0 Å². The minimum Gasteiger partial charge on any atom is -0.380 e. The Morgan fingerprint density at radius 2 is 2.43 bits per heavy atom. The molecule has 1 aliphatic rings. The molecule has 1 rings (SSSR count). The first-order chi connectivity index (χ1) is 6.69. The van der Waals surface area contributed by atoms with E-state index in [4.69, 9.17) is 4.74 Å². The standard InChI is InChI=1S/C10H20N2O2/c1-3-14-8-7-11-9(13)10(2)5-4-6-12-10/h12H,3-8H2,1-2H3,(H,11,13). The van der Waals surface area contributed by atoms with Crippen molar-refractivity contribution in [2.75, 3.05) is 26.3 Å². The lowest BCUT2D eigenvalue weighted by Crippen LogP contribution is -2.51. The quantitative estimate of drug-likeness (QED) is 0.627. The number of ether oxygens (including phenoxy) is 1. The number of nitrogens with one attached hydrogen (secondary N) is 2. The Kier molecular flexibility index (Phi) is 4.35. The molecule has 1 atom stereocenters. The van der Waals surface area contributed by atoms with Gasteiger partial charge in [0, 0.05) is 13.2 Å². The van der Waals surface area contributed by atoms with E-state index >= 15 is 0 Å². The highest BCUT2D eigenvalue weighted by atomic mass is 16.5. The van der Waals surface area contributed by atoms with E-state index in [-0.39, 0.29) is 11.4 Å². The fourth-order valence-corrected chi connectivity index (χ4v) is 1.66. The summed E-state index contributed by atoms with van der Waals surface area (Å²) in [5.41, 5.74) is -0.355. The number of rotatable bonds is 5. The predicted molar refractivity (Wildman–Crippen MR) is 55.1 cm³/mol. The summed E-state index contributed by atoms with van der Waals surface area (Å²) in [5.74, 6) is 0.0923. The highest BCUT2D eigenvalue weighted by molar-refractivity contribution is 5.86. The molecule has 0 saturated carbocycles. The van der Waals surface area contributed by atoms with Crippen LogP contribution in [0.1, 0.15) is 26.7 Å². The lowest BCUT2D eigenvalue weighted by molar-refractivity contribution is -0.126. The van der Waals surface area contributed by atoms with Gasteiger partial charge in [-0.1, -0.05) is 0 Å². The maximum Gasteiger partial charge on any atom is 0.240 e. The first-order valence-corrected chi connectivity index (χ1v) is 5.30. The van der Waals surface area contributed by atoms with Gasteiger partial charge < -0.3 is 15.4 Å². The Hall–Kier alpha value is -0.610. The zero-order valence-corrected chi connectivity index (χ0v) is 9.06. The minimum absolute atomic E-state index is 0.0923. The summed E-state index contributed by atoms with van der Waals surface area (Å²) in [6.45, 7) is 6.74. The lowest BCUT2D eigenvalue weighted by Gasteiger charge is -2.22. The van der Waals surface area contributed by atoms with Crippen LogP contribution in [0.15, 0.2) is 0 Å². The molecule has 1 fully saturated rings. The highest BCUT2D eigenvalue weighted by Crippen LogP contribution is 2.17. The van der Waals surface area contributed by atoms with E-state index in [1.54, 1.807) is 0 Å². The van der Waals surface area contributed by atoms with E-state index < -0.39 is 0 Å². The van der Waals surface area contributed by atoms with E-state index in [2.05, 4.69) is 10.6 Å². The van der Waals surface area contributed by atoms with E-state index in [9.17, 15) is 4.79 Å². The number of carbonyl (C=O) groups excluding carboxylic acids is 1. The molecular formula is C10H20N2O2. The van der Waals surface area contributed by atoms with Crippen LogP contribution in [0.3, 0.4) is 0 Å². The van der Waals surface area contributed by atoms with Gasteiger partial charge in [-0.15, -0.1) is 0 Å². The van der Waals surface area contributed by atoms with Crippen LogP contribution in [0.25, 0.3) is 0 Å². The Balaban J connectivity index is 2.20. The first-order valence-electron chi connectivity index (χ1n) is 5.30. The van der Waals surface area contributed by atoms with Gasteiger partial charge in [-0.3, -0.25) is 4.79 Å². The second-order valence-electron chi connectivity index (χ2n) is 3.82. The minimum atomic E-state index is -0.355. The van der Waals surface area contributed by atoms with Crippen molar-refractivity contribution in [3.8, 4) is 0 Å². The van der Waals surface area contributed by atoms with Gasteiger partial charge in [0.1, 0.15) is 0 Å². The SMILES string of the molecule is CCOCCNC(=O)C1(C)CCCN1. The zero-order valence-electron chi connectivity index (χ0n) is 9.06. The third-order valence-corrected chi connectivity index (χ3v) is 2.61. The van der Waals surface area contributed by atoms with Crippen LogP contribution in [0.5, 0.6) is 0 Å². The van der Waals surface area contributed by atoms with Crippen molar-refractivity contribution in [3.05, 3.63) is 0 Å². The zero-order chi connectivity index (χ0) is 10.4. The van der Waals surface area contributed by atoms with Gasteiger partial charge in [0.2, 0.25) is 5.91 Å². The third-order valence-electron chi connectivity index (χ3n) is 2.61. The van der Waals surface area contributed by atoms with Gasteiger partial charge in [0.05, 0.1) is 12.1 Å². The maximum atomic E-state index is 11.7. The molecule has 14 heavy (non-hydrogen) atoms. The fraction of sp³-hybridized carbons (Fsp3) is 0.900. The van der Waals surface area contributed by atoms with Crippen molar-refractivity contribution in [2.45, 2.75) is 32.2 Å². The average Bonchev–Trinajstić information content (AvgIpc) is 2.61. The van der Waals surface area contributed by atoms with Crippen molar-refractivity contribution in [3.63, 3.8) is 0 Å². The molecule has 4 heteroatoms. The van der Waals surface area contributed by atoms with Gasteiger partial charge in [0.15, 0.2) is 0 Å². The van der Waals surface area contributed by atoms with E-state index in [1.165, 1.54) is 0 Å². The number of carbonyl (C=O) groups is 1. The van der Waals surface area contributed by atoms with E-state index in [1.807, 2.05) is 13.8 Å². The van der Waals surface area contributed by atoms with Crippen molar-refractivity contribution >= 4 is 5.91 Å². The third kappa shape index (κ3) is 2.96. The largest absolute Gasteiger partial charge is 0.380 e. The molecule has 0 radical (unpaired) electrons. The molecule has 1 heterocycles. The van der Waals surface area contributed by atoms with Gasteiger partial charge in [0.25, 0.3) is 0 Å². The summed E-state index contributed by atoms with van der Waals surface area (Å²) in [6.07, 6.45) is 2.00.